The van der Waals surface area contributed by atoms with Crippen molar-refractivity contribution in [2.24, 2.45) is 0 Å². The maximum Gasteiger partial charge on any atom is 0.224 e. The van der Waals surface area contributed by atoms with Crippen molar-refractivity contribution >= 4 is 17.5 Å². The molecule has 8 nitrogen and oxygen atoms in total. The molecule has 0 radical (unpaired) electrons. The number of carbonyl (C=O) groups excluding carboxylic acids is 2. The van der Waals surface area contributed by atoms with Crippen molar-refractivity contribution in [3.8, 4) is 5.82 Å². The molecule has 3 aromatic rings. The average Bonchev–Trinajstić information content (AvgIpc) is 3.16. The summed E-state index contributed by atoms with van der Waals surface area (Å²) < 4.78 is 1.56. The van der Waals surface area contributed by atoms with Gasteiger partial charge in [0.25, 0.3) is 0 Å². The van der Waals surface area contributed by atoms with E-state index in [1.165, 1.54) is 13.3 Å². The van der Waals surface area contributed by atoms with Gasteiger partial charge in [0.15, 0.2) is 5.82 Å². The molecule has 26 heavy (non-hydrogen) atoms. The Morgan fingerprint density at radius 3 is 2.65 bits per heavy atom. The number of hydrogen-bond acceptors (Lipinski definition) is 5. The van der Waals surface area contributed by atoms with Crippen LogP contribution in [-0.4, -0.2) is 31.6 Å². The Kier molecular flexibility index (Phi) is 5.33. The van der Waals surface area contributed by atoms with Gasteiger partial charge in [-0.15, -0.1) is 0 Å². The van der Waals surface area contributed by atoms with Crippen molar-refractivity contribution in [1.82, 2.24) is 25.1 Å². The smallest absolute Gasteiger partial charge is 0.224 e. The first-order chi connectivity index (χ1) is 12.6. The lowest BCUT2D eigenvalue weighted by atomic mass is 10.1. The summed E-state index contributed by atoms with van der Waals surface area (Å²) in [5, 5.41) is 9.65. The number of rotatable bonds is 6. The van der Waals surface area contributed by atoms with Gasteiger partial charge in [0.05, 0.1) is 6.42 Å². The molecule has 0 fully saturated rings. The highest BCUT2D eigenvalue weighted by atomic mass is 16.2. The van der Waals surface area contributed by atoms with Crippen molar-refractivity contribution in [2.75, 3.05) is 5.32 Å². The molecule has 0 aliphatic rings. The highest BCUT2D eigenvalue weighted by Gasteiger charge is 2.09. The van der Waals surface area contributed by atoms with E-state index >= 15 is 0 Å². The molecule has 0 aliphatic heterocycles. The molecule has 2 amide bonds. The number of hydrogen-bond donors (Lipinski definition) is 2. The largest absolute Gasteiger partial charge is 0.352 e. The molecule has 0 saturated heterocycles. The molecule has 2 aromatic heterocycles. The van der Waals surface area contributed by atoms with E-state index < -0.39 is 0 Å². The molecule has 0 spiro atoms. The van der Waals surface area contributed by atoms with Gasteiger partial charge in [0.1, 0.15) is 12.7 Å². The maximum atomic E-state index is 12.2. The van der Waals surface area contributed by atoms with Crippen molar-refractivity contribution < 1.29 is 9.59 Å². The van der Waals surface area contributed by atoms with E-state index in [1.54, 1.807) is 29.3 Å². The van der Waals surface area contributed by atoms with Gasteiger partial charge in [0, 0.05) is 30.9 Å². The Morgan fingerprint density at radius 1 is 1.15 bits per heavy atom. The van der Waals surface area contributed by atoms with E-state index in [2.05, 4.69) is 25.7 Å². The van der Waals surface area contributed by atoms with Gasteiger partial charge in [-0.25, -0.2) is 14.6 Å². The Bertz CT molecular complexity index is 890. The van der Waals surface area contributed by atoms with E-state index in [-0.39, 0.29) is 18.2 Å². The van der Waals surface area contributed by atoms with Gasteiger partial charge in [-0.2, -0.15) is 5.10 Å². The first kappa shape index (κ1) is 17.3. The van der Waals surface area contributed by atoms with Crippen molar-refractivity contribution in [3.05, 3.63) is 66.4 Å². The lowest BCUT2D eigenvalue weighted by molar-refractivity contribution is -0.120. The number of aromatic nitrogens is 4. The third-order valence-corrected chi connectivity index (χ3v) is 3.62. The molecule has 0 bridgehead atoms. The molecule has 3 rings (SSSR count). The zero-order valence-electron chi connectivity index (χ0n) is 14.2. The third kappa shape index (κ3) is 4.50. The normalized spacial score (nSPS) is 10.3. The zero-order valence-corrected chi connectivity index (χ0v) is 14.2. The standard InChI is InChI=1S/C18H18N6O2/c1-13(25)23-16-6-4-14(5-7-16)9-17(26)21-10-15-3-2-8-20-18(15)24-12-19-11-22-24/h2-8,11-12H,9-10H2,1H3,(H,21,26)(H,23,25). The Labute approximate surface area is 150 Å². The molecule has 0 atom stereocenters. The van der Waals surface area contributed by atoms with Crippen molar-refractivity contribution in [3.63, 3.8) is 0 Å². The van der Waals surface area contributed by atoms with Crippen LogP contribution in [0.2, 0.25) is 0 Å². The number of carbonyl (C=O) groups is 2. The molecular weight excluding hydrogens is 332 g/mol. The lowest BCUT2D eigenvalue weighted by Gasteiger charge is -2.10. The van der Waals surface area contributed by atoms with E-state index in [0.717, 1.165) is 11.1 Å². The third-order valence-electron chi connectivity index (χ3n) is 3.62. The summed E-state index contributed by atoms with van der Waals surface area (Å²) in [5.74, 6) is 0.394. The molecule has 2 N–H and O–H groups in total. The zero-order chi connectivity index (χ0) is 18.4. The van der Waals surface area contributed by atoms with E-state index in [1.807, 2.05) is 24.3 Å². The van der Waals surface area contributed by atoms with Gasteiger partial charge in [-0.3, -0.25) is 9.59 Å². The van der Waals surface area contributed by atoms with Crippen molar-refractivity contribution in [2.45, 2.75) is 19.9 Å². The predicted molar refractivity (Wildman–Crippen MR) is 95.5 cm³/mol. The van der Waals surface area contributed by atoms with Gasteiger partial charge >= 0.3 is 0 Å². The van der Waals surface area contributed by atoms with Crippen LogP contribution in [0, 0.1) is 0 Å². The summed E-state index contributed by atoms with van der Waals surface area (Å²) in [5.41, 5.74) is 2.40. The van der Waals surface area contributed by atoms with Crippen molar-refractivity contribution in [1.29, 1.82) is 0 Å². The summed E-state index contributed by atoms with van der Waals surface area (Å²) in [6, 6.07) is 10.9. The van der Waals surface area contributed by atoms with E-state index in [9.17, 15) is 9.59 Å². The molecule has 132 valence electrons. The topological polar surface area (TPSA) is 102 Å². The predicted octanol–water partition coefficient (Wildman–Crippen LogP) is 1.48. The second-order valence-corrected chi connectivity index (χ2v) is 5.66. The fraction of sp³-hybridized carbons (Fsp3) is 0.167. The number of pyridine rings is 1. The second kappa shape index (κ2) is 8.02. The minimum Gasteiger partial charge on any atom is -0.352 e. The Morgan fingerprint density at radius 2 is 1.96 bits per heavy atom. The quantitative estimate of drug-likeness (QED) is 0.701. The average molecular weight is 350 g/mol. The molecule has 0 unspecified atom stereocenters. The number of anilines is 1. The fourth-order valence-corrected chi connectivity index (χ4v) is 2.44. The lowest BCUT2D eigenvalue weighted by Crippen LogP contribution is -2.25. The summed E-state index contributed by atoms with van der Waals surface area (Å²) in [7, 11) is 0. The second-order valence-electron chi connectivity index (χ2n) is 5.66. The Hall–Kier alpha value is -3.55. The molecular formula is C18H18N6O2. The summed E-state index contributed by atoms with van der Waals surface area (Å²) in [6.07, 6.45) is 4.91. The van der Waals surface area contributed by atoms with Crippen LogP contribution in [0.25, 0.3) is 5.82 Å². The van der Waals surface area contributed by atoms with Crippen LogP contribution in [0.15, 0.2) is 55.2 Å². The monoisotopic (exact) mass is 350 g/mol. The summed E-state index contributed by atoms with van der Waals surface area (Å²) in [6.45, 7) is 1.79. The number of nitrogens with one attached hydrogen (secondary N) is 2. The number of nitrogens with zero attached hydrogens (tertiary/aromatic N) is 4. The van der Waals surface area contributed by atoms with Gasteiger partial charge in [0.2, 0.25) is 11.8 Å². The first-order valence-corrected chi connectivity index (χ1v) is 8.04. The van der Waals surface area contributed by atoms with Gasteiger partial charge < -0.3 is 10.6 Å². The number of benzene rings is 1. The molecule has 2 heterocycles. The van der Waals surface area contributed by atoms with Crippen LogP contribution in [0.5, 0.6) is 0 Å². The molecule has 0 aliphatic carbocycles. The maximum absolute atomic E-state index is 12.2. The van der Waals surface area contributed by atoms with Crippen LogP contribution in [0.1, 0.15) is 18.1 Å². The van der Waals surface area contributed by atoms with Gasteiger partial charge in [-0.05, 0) is 23.8 Å². The van der Waals surface area contributed by atoms with Crippen LogP contribution in [-0.2, 0) is 22.6 Å². The van der Waals surface area contributed by atoms with Crippen LogP contribution in [0.4, 0.5) is 5.69 Å². The first-order valence-electron chi connectivity index (χ1n) is 8.04. The molecule has 0 saturated carbocycles. The minimum atomic E-state index is -0.129. The van der Waals surface area contributed by atoms with Crippen LogP contribution < -0.4 is 10.6 Å². The van der Waals surface area contributed by atoms with Gasteiger partial charge in [-0.1, -0.05) is 18.2 Å². The highest BCUT2D eigenvalue weighted by molar-refractivity contribution is 5.88. The molecule has 8 heteroatoms. The summed E-state index contributed by atoms with van der Waals surface area (Å²) in [4.78, 5) is 31.4. The fourth-order valence-electron chi connectivity index (χ4n) is 2.44. The minimum absolute atomic E-state index is 0.106. The van der Waals surface area contributed by atoms with E-state index in [0.29, 0.717) is 18.1 Å². The van der Waals surface area contributed by atoms with Crippen LogP contribution in [0.3, 0.4) is 0 Å². The van der Waals surface area contributed by atoms with Crippen LogP contribution >= 0.6 is 0 Å². The number of amides is 2. The van der Waals surface area contributed by atoms with E-state index in [4.69, 9.17) is 0 Å². The summed E-state index contributed by atoms with van der Waals surface area (Å²) >= 11 is 0. The SMILES string of the molecule is CC(=O)Nc1ccc(CC(=O)NCc2cccnc2-n2cncn2)cc1. The highest BCUT2D eigenvalue weighted by Crippen LogP contribution is 2.11. The Balaban J connectivity index is 1.59. The molecule has 1 aromatic carbocycles.